The Balaban J connectivity index is 2.02. The number of nitrogens with zero attached hydrogens (tertiary/aromatic N) is 5. The van der Waals surface area contributed by atoms with Crippen molar-refractivity contribution in [3.63, 3.8) is 0 Å². The standard InChI is InChI=1S/C21H25F2N7O5S/c1-5-6-36(34,35)28-17-16(23)15(14(22)10-24-17)13-7-12-9-26-20(27-18(12)30(4)19(13)31)25-8-11(2)29(3)21(32)33/h7,9-11H,5-6,8H2,1-4H3,(H,24,28)(H,32,33)(H,25,26,27)/t11-/m0/s1. The molecule has 0 fully saturated rings. The molecular weight excluding hydrogens is 500 g/mol. The van der Waals surface area contributed by atoms with Crippen molar-refractivity contribution in [3.8, 4) is 11.1 Å². The number of aryl methyl sites for hydroxylation is 1. The zero-order valence-electron chi connectivity index (χ0n) is 19.9. The number of carboxylic acid groups (broad SMARTS) is 1. The first-order valence-corrected chi connectivity index (χ1v) is 12.4. The summed E-state index contributed by atoms with van der Waals surface area (Å²) in [6, 6.07) is 0.795. The lowest BCUT2D eigenvalue weighted by atomic mass is 10.1. The van der Waals surface area contributed by atoms with Gasteiger partial charge in [-0.1, -0.05) is 6.92 Å². The minimum atomic E-state index is -3.92. The average molecular weight is 526 g/mol. The molecule has 0 bridgehead atoms. The minimum Gasteiger partial charge on any atom is -0.465 e. The second-order valence-electron chi connectivity index (χ2n) is 8.08. The normalized spacial score (nSPS) is 12.4. The Hall–Kier alpha value is -3.88. The summed E-state index contributed by atoms with van der Waals surface area (Å²) in [4.78, 5) is 37.1. The van der Waals surface area contributed by atoms with Crippen molar-refractivity contribution in [3.05, 3.63) is 40.4 Å². The molecule has 15 heteroatoms. The number of halogens is 2. The highest BCUT2D eigenvalue weighted by molar-refractivity contribution is 7.92. The van der Waals surface area contributed by atoms with Crippen molar-refractivity contribution >= 4 is 38.9 Å². The SMILES string of the molecule is CCCS(=O)(=O)Nc1ncc(F)c(-c2cc3cnc(NC[C@H](C)N(C)C(=O)O)nc3n(C)c2=O)c1F. The van der Waals surface area contributed by atoms with Gasteiger partial charge >= 0.3 is 6.09 Å². The summed E-state index contributed by atoms with van der Waals surface area (Å²) in [5.74, 6) is -3.39. The number of aromatic nitrogens is 4. The van der Waals surface area contributed by atoms with E-state index in [9.17, 15) is 22.4 Å². The van der Waals surface area contributed by atoms with Gasteiger partial charge in [0.15, 0.2) is 17.5 Å². The highest BCUT2D eigenvalue weighted by atomic mass is 32.2. The van der Waals surface area contributed by atoms with Crippen LogP contribution in [-0.4, -0.2) is 69.4 Å². The van der Waals surface area contributed by atoms with E-state index in [4.69, 9.17) is 5.11 Å². The molecule has 3 aromatic rings. The lowest BCUT2D eigenvalue weighted by Crippen LogP contribution is -2.38. The van der Waals surface area contributed by atoms with Gasteiger partial charge in [0.05, 0.1) is 23.1 Å². The molecule has 0 aliphatic heterocycles. The van der Waals surface area contributed by atoms with E-state index in [-0.39, 0.29) is 41.3 Å². The second kappa shape index (κ2) is 10.4. The van der Waals surface area contributed by atoms with E-state index in [1.807, 2.05) is 4.72 Å². The average Bonchev–Trinajstić information content (AvgIpc) is 2.81. The molecule has 0 unspecified atom stereocenters. The van der Waals surface area contributed by atoms with Crippen LogP contribution in [0.25, 0.3) is 22.2 Å². The maximum Gasteiger partial charge on any atom is 0.407 e. The van der Waals surface area contributed by atoms with Crippen LogP contribution in [0.4, 0.5) is 25.3 Å². The Morgan fingerprint density at radius 1 is 1.28 bits per heavy atom. The predicted octanol–water partition coefficient (Wildman–Crippen LogP) is 2.23. The number of nitrogens with one attached hydrogen (secondary N) is 2. The van der Waals surface area contributed by atoms with Gasteiger partial charge in [0.2, 0.25) is 16.0 Å². The quantitative estimate of drug-likeness (QED) is 0.381. The van der Waals surface area contributed by atoms with Crippen LogP contribution >= 0.6 is 0 Å². The van der Waals surface area contributed by atoms with Crippen LogP contribution in [-0.2, 0) is 17.1 Å². The molecule has 36 heavy (non-hydrogen) atoms. The van der Waals surface area contributed by atoms with E-state index in [2.05, 4.69) is 20.3 Å². The van der Waals surface area contributed by atoms with Crippen LogP contribution in [0.3, 0.4) is 0 Å². The van der Waals surface area contributed by atoms with Gasteiger partial charge in [-0.3, -0.25) is 14.1 Å². The van der Waals surface area contributed by atoms with Gasteiger partial charge in [0.25, 0.3) is 5.56 Å². The molecule has 0 saturated carbocycles. The summed E-state index contributed by atoms with van der Waals surface area (Å²) in [5.41, 5.74) is -1.76. The molecule has 1 amide bonds. The number of likely N-dealkylation sites (N-methyl/N-ethyl adjacent to an activating group) is 1. The number of carbonyl (C=O) groups is 1. The Morgan fingerprint density at radius 2 is 1.97 bits per heavy atom. The van der Waals surface area contributed by atoms with Gasteiger partial charge < -0.3 is 15.3 Å². The topological polar surface area (TPSA) is 159 Å². The molecule has 3 heterocycles. The molecule has 0 aromatic carbocycles. The molecule has 3 N–H and O–H groups in total. The first-order chi connectivity index (χ1) is 16.9. The van der Waals surface area contributed by atoms with Crippen LogP contribution in [0.5, 0.6) is 0 Å². The fraction of sp³-hybridized carbons (Fsp3) is 0.381. The van der Waals surface area contributed by atoms with E-state index >= 15 is 4.39 Å². The molecule has 3 aromatic heterocycles. The maximum absolute atomic E-state index is 15.2. The molecule has 12 nitrogen and oxygen atoms in total. The Kier molecular flexibility index (Phi) is 7.71. The van der Waals surface area contributed by atoms with Gasteiger partial charge in [0.1, 0.15) is 5.65 Å². The van der Waals surface area contributed by atoms with Crippen LogP contribution in [0.15, 0.2) is 23.3 Å². The third-order valence-electron chi connectivity index (χ3n) is 5.43. The summed E-state index contributed by atoms with van der Waals surface area (Å²) < 4.78 is 57.0. The fourth-order valence-corrected chi connectivity index (χ4v) is 4.40. The highest BCUT2D eigenvalue weighted by Crippen LogP contribution is 2.29. The predicted molar refractivity (Wildman–Crippen MR) is 129 cm³/mol. The van der Waals surface area contributed by atoms with E-state index in [1.165, 1.54) is 26.4 Å². The molecule has 0 saturated heterocycles. The summed E-state index contributed by atoms with van der Waals surface area (Å²) in [7, 11) is -1.15. The fourth-order valence-electron chi connectivity index (χ4n) is 3.33. The van der Waals surface area contributed by atoms with E-state index < -0.39 is 50.7 Å². The molecule has 0 radical (unpaired) electrons. The smallest absolute Gasteiger partial charge is 0.407 e. The van der Waals surface area contributed by atoms with Gasteiger partial charge in [-0.15, -0.1) is 0 Å². The van der Waals surface area contributed by atoms with Crippen molar-refractivity contribution in [2.75, 3.05) is 29.4 Å². The van der Waals surface area contributed by atoms with Crippen molar-refractivity contribution in [2.24, 2.45) is 7.05 Å². The van der Waals surface area contributed by atoms with Crippen LogP contribution in [0.1, 0.15) is 20.3 Å². The molecule has 0 aliphatic carbocycles. The summed E-state index contributed by atoms with van der Waals surface area (Å²) in [6.45, 7) is 3.49. The number of hydrogen-bond donors (Lipinski definition) is 3. The van der Waals surface area contributed by atoms with Crippen molar-refractivity contribution < 1.29 is 27.1 Å². The number of sulfonamides is 1. The first-order valence-electron chi connectivity index (χ1n) is 10.8. The Morgan fingerprint density at radius 3 is 2.61 bits per heavy atom. The van der Waals surface area contributed by atoms with E-state index in [1.54, 1.807) is 13.8 Å². The van der Waals surface area contributed by atoms with Crippen LogP contribution < -0.4 is 15.6 Å². The third-order valence-corrected chi connectivity index (χ3v) is 6.88. The largest absolute Gasteiger partial charge is 0.465 e. The van der Waals surface area contributed by atoms with E-state index in [0.717, 1.165) is 9.47 Å². The number of hydrogen-bond acceptors (Lipinski definition) is 8. The number of amides is 1. The molecule has 0 aliphatic rings. The molecule has 1 atom stereocenters. The second-order valence-corrected chi connectivity index (χ2v) is 9.92. The maximum atomic E-state index is 15.2. The van der Waals surface area contributed by atoms with Crippen molar-refractivity contribution in [2.45, 2.75) is 26.3 Å². The van der Waals surface area contributed by atoms with Crippen molar-refractivity contribution in [1.29, 1.82) is 0 Å². The number of rotatable bonds is 9. The summed E-state index contributed by atoms with van der Waals surface area (Å²) in [5, 5.41) is 12.2. The lowest BCUT2D eigenvalue weighted by molar-refractivity contribution is 0.144. The van der Waals surface area contributed by atoms with Gasteiger partial charge in [0, 0.05) is 38.3 Å². The van der Waals surface area contributed by atoms with Crippen LogP contribution in [0.2, 0.25) is 0 Å². The van der Waals surface area contributed by atoms with Gasteiger partial charge in [-0.05, 0) is 19.4 Å². The number of pyridine rings is 2. The summed E-state index contributed by atoms with van der Waals surface area (Å²) in [6.07, 6.45) is 1.13. The number of fused-ring (bicyclic) bond motifs is 1. The lowest BCUT2D eigenvalue weighted by Gasteiger charge is -2.22. The summed E-state index contributed by atoms with van der Waals surface area (Å²) >= 11 is 0. The van der Waals surface area contributed by atoms with Gasteiger partial charge in [-0.2, -0.15) is 4.98 Å². The first kappa shape index (κ1) is 26.7. The molecule has 194 valence electrons. The zero-order valence-corrected chi connectivity index (χ0v) is 20.7. The Labute approximate surface area is 205 Å². The molecule has 0 spiro atoms. The van der Waals surface area contributed by atoms with E-state index in [0.29, 0.717) is 6.20 Å². The molecule has 3 rings (SSSR count). The molecular formula is C21H25F2N7O5S. The third kappa shape index (κ3) is 5.50. The Bertz CT molecular complexity index is 1480. The monoisotopic (exact) mass is 525 g/mol. The highest BCUT2D eigenvalue weighted by Gasteiger charge is 2.24. The van der Waals surface area contributed by atoms with Crippen LogP contribution in [0, 0.1) is 11.6 Å². The van der Waals surface area contributed by atoms with Gasteiger partial charge in [-0.25, -0.2) is 32.0 Å². The zero-order chi connectivity index (χ0) is 26.8. The minimum absolute atomic E-state index is 0.116. The van der Waals surface area contributed by atoms with Crippen molar-refractivity contribution in [1.82, 2.24) is 24.4 Å². The number of anilines is 2.